The van der Waals surface area contributed by atoms with Gasteiger partial charge < -0.3 is 5.32 Å². The van der Waals surface area contributed by atoms with Crippen LogP contribution in [-0.2, 0) is 14.8 Å². The number of nitrogens with zero attached hydrogens (tertiary/aromatic N) is 1. The Hall–Kier alpha value is -2.34. The molecule has 0 unspecified atom stereocenters. The second-order valence-corrected chi connectivity index (χ2v) is 8.60. The second-order valence-electron chi connectivity index (χ2n) is 6.69. The van der Waals surface area contributed by atoms with Gasteiger partial charge in [0.25, 0.3) is 0 Å². The zero-order valence-electron chi connectivity index (χ0n) is 15.9. The standard InChI is InChI=1S/C20H26N2O3S/c1-14-9-11-18(12-10-14)17(4)21-20(23)13-22(26(5,24)25)19-8-6-7-15(2)16(19)3/h6-12,17H,13H2,1-5H3,(H,21,23)/t17-/m1/s1. The lowest BCUT2D eigenvalue weighted by molar-refractivity contribution is -0.120. The SMILES string of the molecule is Cc1ccc([C@@H](C)NC(=O)CN(c2cccc(C)c2C)S(C)(=O)=O)cc1. The first-order valence-corrected chi connectivity index (χ1v) is 10.3. The predicted molar refractivity (Wildman–Crippen MR) is 106 cm³/mol. The van der Waals surface area contributed by atoms with Gasteiger partial charge in [-0.2, -0.15) is 0 Å². The molecule has 2 aromatic carbocycles. The molecule has 0 aromatic heterocycles. The van der Waals surface area contributed by atoms with Gasteiger partial charge in [-0.05, 0) is 50.5 Å². The molecule has 2 rings (SSSR count). The number of rotatable bonds is 6. The minimum atomic E-state index is -3.59. The number of carbonyl (C=O) groups is 1. The van der Waals surface area contributed by atoms with Crippen molar-refractivity contribution in [1.82, 2.24) is 5.32 Å². The zero-order valence-corrected chi connectivity index (χ0v) is 16.7. The van der Waals surface area contributed by atoms with E-state index in [1.165, 1.54) is 0 Å². The van der Waals surface area contributed by atoms with Crippen molar-refractivity contribution in [3.05, 3.63) is 64.7 Å². The third-order valence-corrected chi connectivity index (χ3v) is 5.61. The quantitative estimate of drug-likeness (QED) is 0.844. The minimum absolute atomic E-state index is 0.205. The average molecular weight is 375 g/mol. The molecule has 1 atom stereocenters. The molecule has 0 saturated heterocycles. The highest BCUT2D eigenvalue weighted by molar-refractivity contribution is 7.92. The van der Waals surface area contributed by atoms with Gasteiger partial charge in [0.1, 0.15) is 6.54 Å². The molecule has 5 nitrogen and oxygen atoms in total. The van der Waals surface area contributed by atoms with Crippen LogP contribution in [0.2, 0.25) is 0 Å². The number of anilines is 1. The van der Waals surface area contributed by atoms with E-state index in [1.807, 2.05) is 58.0 Å². The van der Waals surface area contributed by atoms with Crippen LogP contribution in [0, 0.1) is 20.8 Å². The van der Waals surface area contributed by atoms with Crippen LogP contribution in [0.1, 0.15) is 35.2 Å². The van der Waals surface area contributed by atoms with Crippen LogP contribution in [0.5, 0.6) is 0 Å². The van der Waals surface area contributed by atoms with E-state index in [0.29, 0.717) is 5.69 Å². The van der Waals surface area contributed by atoms with Gasteiger partial charge in [-0.1, -0.05) is 42.0 Å². The van der Waals surface area contributed by atoms with Crippen LogP contribution in [0.15, 0.2) is 42.5 Å². The fourth-order valence-corrected chi connectivity index (χ4v) is 3.65. The summed E-state index contributed by atoms with van der Waals surface area (Å²) in [5, 5.41) is 2.88. The van der Waals surface area contributed by atoms with Gasteiger partial charge in [-0.15, -0.1) is 0 Å². The van der Waals surface area contributed by atoms with Crippen molar-refractivity contribution >= 4 is 21.6 Å². The number of hydrogen-bond acceptors (Lipinski definition) is 3. The Bertz CT molecular complexity index is 890. The maximum absolute atomic E-state index is 12.5. The highest BCUT2D eigenvalue weighted by Gasteiger charge is 2.23. The summed E-state index contributed by atoms with van der Waals surface area (Å²) in [6, 6.07) is 13.1. The lowest BCUT2D eigenvalue weighted by atomic mass is 10.1. The van der Waals surface area contributed by atoms with Gasteiger partial charge in [0.2, 0.25) is 15.9 Å². The lowest BCUT2D eigenvalue weighted by Gasteiger charge is -2.25. The Kier molecular flexibility index (Phi) is 6.08. The van der Waals surface area contributed by atoms with Crippen LogP contribution < -0.4 is 9.62 Å². The van der Waals surface area contributed by atoms with Gasteiger partial charge >= 0.3 is 0 Å². The molecular weight excluding hydrogens is 348 g/mol. The molecule has 0 fully saturated rings. The topological polar surface area (TPSA) is 66.5 Å². The molecule has 0 heterocycles. The normalized spacial score (nSPS) is 12.5. The Morgan fingerprint density at radius 2 is 1.69 bits per heavy atom. The third kappa shape index (κ3) is 4.85. The number of aryl methyl sites for hydroxylation is 2. The van der Waals surface area contributed by atoms with E-state index in [1.54, 1.807) is 12.1 Å². The van der Waals surface area contributed by atoms with Crippen molar-refractivity contribution in [2.45, 2.75) is 33.7 Å². The van der Waals surface area contributed by atoms with Crippen molar-refractivity contribution in [3.8, 4) is 0 Å². The fourth-order valence-electron chi connectivity index (χ4n) is 2.74. The van der Waals surface area contributed by atoms with E-state index in [-0.39, 0.29) is 18.5 Å². The van der Waals surface area contributed by atoms with E-state index in [0.717, 1.165) is 32.8 Å². The first-order chi connectivity index (χ1) is 12.1. The molecule has 0 bridgehead atoms. The average Bonchev–Trinajstić information content (AvgIpc) is 2.55. The molecule has 0 aliphatic rings. The zero-order chi connectivity index (χ0) is 19.5. The van der Waals surface area contributed by atoms with Crippen molar-refractivity contribution in [2.75, 3.05) is 17.1 Å². The van der Waals surface area contributed by atoms with Crippen LogP contribution in [0.4, 0.5) is 5.69 Å². The van der Waals surface area contributed by atoms with Crippen LogP contribution >= 0.6 is 0 Å². The maximum atomic E-state index is 12.5. The number of sulfonamides is 1. The van der Waals surface area contributed by atoms with Gasteiger partial charge in [0.05, 0.1) is 18.0 Å². The molecule has 1 N–H and O–H groups in total. The summed E-state index contributed by atoms with van der Waals surface area (Å²) in [5.74, 6) is -0.343. The molecule has 2 aromatic rings. The van der Waals surface area contributed by atoms with Crippen molar-refractivity contribution in [3.63, 3.8) is 0 Å². The molecule has 0 aliphatic heterocycles. The molecule has 26 heavy (non-hydrogen) atoms. The Labute approximate surface area is 156 Å². The van der Waals surface area contributed by atoms with Gasteiger partial charge in [0, 0.05) is 0 Å². The van der Waals surface area contributed by atoms with Gasteiger partial charge in [0.15, 0.2) is 0 Å². The van der Waals surface area contributed by atoms with Crippen molar-refractivity contribution in [2.24, 2.45) is 0 Å². The van der Waals surface area contributed by atoms with Gasteiger partial charge in [-0.25, -0.2) is 8.42 Å². The molecule has 140 valence electrons. The van der Waals surface area contributed by atoms with Crippen molar-refractivity contribution < 1.29 is 13.2 Å². The van der Waals surface area contributed by atoms with Crippen molar-refractivity contribution in [1.29, 1.82) is 0 Å². The number of amides is 1. The lowest BCUT2D eigenvalue weighted by Crippen LogP contribution is -2.41. The molecule has 0 radical (unpaired) electrons. The molecule has 0 spiro atoms. The van der Waals surface area contributed by atoms with E-state index in [2.05, 4.69) is 5.32 Å². The van der Waals surface area contributed by atoms with Crippen LogP contribution in [0.25, 0.3) is 0 Å². The summed E-state index contributed by atoms with van der Waals surface area (Å²) in [7, 11) is -3.59. The molecule has 6 heteroatoms. The number of carbonyl (C=O) groups excluding carboxylic acids is 1. The van der Waals surface area contributed by atoms with Gasteiger partial charge in [-0.3, -0.25) is 9.10 Å². The summed E-state index contributed by atoms with van der Waals surface area (Å²) >= 11 is 0. The molecule has 1 amide bonds. The first-order valence-electron chi connectivity index (χ1n) is 8.49. The monoisotopic (exact) mass is 374 g/mol. The summed E-state index contributed by atoms with van der Waals surface area (Å²) in [5.41, 5.74) is 4.47. The highest BCUT2D eigenvalue weighted by Crippen LogP contribution is 2.25. The van der Waals surface area contributed by atoms with Crippen LogP contribution in [0.3, 0.4) is 0 Å². The molecule has 0 saturated carbocycles. The Morgan fingerprint density at radius 3 is 2.27 bits per heavy atom. The predicted octanol–water partition coefficient (Wildman–Crippen LogP) is 3.26. The Balaban J connectivity index is 2.19. The maximum Gasteiger partial charge on any atom is 0.241 e. The largest absolute Gasteiger partial charge is 0.348 e. The first kappa shape index (κ1) is 20.0. The van der Waals surface area contributed by atoms with E-state index in [4.69, 9.17) is 0 Å². The van der Waals surface area contributed by atoms with Crippen LogP contribution in [-0.4, -0.2) is 27.1 Å². The molecule has 0 aliphatic carbocycles. The van der Waals surface area contributed by atoms with E-state index < -0.39 is 10.0 Å². The summed E-state index contributed by atoms with van der Waals surface area (Å²) in [6.07, 6.45) is 1.12. The van der Waals surface area contributed by atoms with E-state index >= 15 is 0 Å². The Morgan fingerprint density at radius 1 is 1.08 bits per heavy atom. The number of benzene rings is 2. The van der Waals surface area contributed by atoms with E-state index in [9.17, 15) is 13.2 Å². The number of hydrogen-bond donors (Lipinski definition) is 1. The third-order valence-electron chi connectivity index (χ3n) is 4.49. The number of nitrogens with one attached hydrogen (secondary N) is 1. The minimum Gasteiger partial charge on any atom is -0.348 e. The summed E-state index contributed by atoms with van der Waals surface area (Å²) in [4.78, 5) is 12.5. The highest BCUT2D eigenvalue weighted by atomic mass is 32.2. The fraction of sp³-hybridized carbons (Fsp3) is 0.350. The smallest absolute Gasteiger partial charge is 0.241 e. The summed E-state index contributed by atoms with van der Waals surface area (Å²) < 4.78 is 25.7. The molecular formula is C20H26N2O3S. The summed E-state index contributed by atoms with van der Waals surface area (Å²) in [6.45, 7) is 7.40. The second kappa shape index (κ2) is 7.91.